The van der Waals surface area contributed by atoms with Gasteiger partial charge in [-0.2, -0.15) is 0 Å². The van der Waals surface area contributed by atoms with Crippen molar-refractivity contribution in [3.05, 3.63) is 12.2 Å². The summed E-state index contributed by atoms with van der Waals surface area (Å²) in [5, 5.41) is 0. The zero-order valence-electron chi connectivity index (χ0n) is 5.79. The molecule has 0 heterocycles. The molecule has 52 valence electrons. The van der Waals surface area contributed by atoms with Gasteiger partial charge in [-0.25, -0.2) is 0 Å². The zero-order valence-corrected chi connectivity index (χ0v) is 5.79. The van der Waals surface area contributed by atoms with Crippen molar-refractivity contribution in [1.82, 2.24) is 0 Å². The summed E-state index contributed by atoms with van der Waals surface area (Å²) >= 11 is 0. The fraction of sp³-hybridized carbons (Fsp3) is 0.667. The van der Waals surface area contributed by atoms with Crippen molar-refractivity contribution >= 4 is 5.78 Å². The second-order valence-corrected chi connectivity index (χ2v) is 3.81. The number of hydrogen-bond donors (Lipinski definition) is 0. The van der Waals surface area contributed by atoms with Crippen LogP contribution in [0.15, 0.2) is 12.2 Å². The molecule has 3 aliphatic carbocycles. The molecule has 0 aromatic rings. The van der Waals surface area contributed by atoms with Gasteiger partial charge >= 0.3 is 0 Å². The smallest absolute Gasteiger partial charge is 0.137 e. The summed E-state index contributed by atoms with van der Waals surface area (Å²) in [6, 6.07) is 0. The first-order valence-corrected chi connectivity index (χ1v) is 4.07. The maximum absolute atomic E-state index is 11.1. The quantitative estimate of drug-likeness (QED) is 0.458. The fourth-order valence-corrected chi connectivity index (χ4v) is 2.89. The average Bonchev–Trinajstić information content (AvgIpc) is 2.40. The van der Waals surface area contributed by atoms with Crippen LogP contribution >= 0.6 is 0 Å². The second-order valence-electron chi connectivity index (χ2n) is 3.81. The van der Waals surface area contributed by atoms with E-state index < -0.39 is 0 Å². The molecule has 1 heteroatoms. The van der Waals surface area contributed by atoms with Crippen molar-refractivity contribution in [2.24, 2.45) is 23.7 Å². The Balaban J connectivity index is 2.03. The summed E-state index contributed by atoms with van der Waals surface area (Å²) in [4.78, 5) is 11.1. The van der Waals surface area contributed by atoms with Gasteiger partial charge in [-0.3, -0.25) is 4.79 Å². The van der Waals surface area contributed by atoms with Crippen molar-refractivity contribution < 1.29 is 4.79 Å². The first kappa shape index (κ1) is 5.11. The maximum Gasteiger partial charge on any atom is 0.137 e. The minimum atomic E-state index is 0.468. The van der Waals surface area contributed by atoms with E-state index >= 15 is 0 Å². The molecule has 1 nitrogen and oxygen atoms in total. The van der Waals surface area contributed by atoms with Gasteiger partial charge in [0, 0.05) is 12.3 Å². The topological polar surface area (TPSA) is 17.1 Å². The highest BCUT2D eigenvalue weighted by Crippen LogP contribution is 2.55. The lowest BCUT2D eigenvalue weighted by Gasteiger charge is -2.35. The molecule has 0 saturated heterocycles. The maximum atomic E-state index is 11.1. The number of ketones is 1. The van der Waals surface area contributed by atoms with E-state index in [1.54, 1.807) is 0 Å². The van der Waals surface area contributed by atoms with Gasteiger partial charge in [0.1, 0.15) is 5.78 Å². The van der Waals surface area contributed by atoms with Crippen LogP contribution in [0, 0.1) is 23.7 Å². The fourth-order valence-electron chi connectivity index (χ4n) is 2.89. The Morgan fingerprint density at radius 2 is 2.10 bits per heavy atom. The molecule has 0 radical (unpaired) electrons. The molecule has 0 aliphatic heterocycles. The van der Waals surface area contributed by atoms with E-state index in [9.17, 15) is 4.79 Å². The van der Waals surface area contributed by atoms with Crippen molar-refractivity contribution in [2.45, 2.75) is 12.8 Å². The van der Waals surface area contributed by atoms with Gasteiger partial charge in [0.05, 0.1) is 0 Å². The monoisotopic (exact) mass is 134 g/mol. The van der Waals surface area contributed by atoms with Crippen LogP contribution in [0.3, 0.4) is 0 Å². The standard InChI is InChI=1S/C9H10O/c10-8-4-7-5-1-2-6(3-5)9(7)8/h1-2,5-7,9H,3-4H2/t5-,6+,7+,9-/m0/s1. The van der Waals surface area contributed by atoms with Crippen LogP contribution in [0.5, 0.6) is 0 Å². The summed E-state index contributed by atoms with van der Waals surface area (Å²) in [5.41, 5.74) is 0. The molecule has 2 bridgehead atoms. The molecule has 4 atom stereocenters. The first-order valence-electron chi connectivity index (χ1n) is 4.07. The van der Waals surface area contributed by atoms with Gasteiger partial charge in [0.2, 0.25) is 0 Å². The van der Waals surface area contributed by atoms with Crippen molar-refractivity contribution in [1.29, 1.82) is 0 Å². The van der Waals surface area contributed by atoms with Crippen LogP contribution in [0.4, 0.5) is 0 Å². The second kappa shape index (κ2) is 1.36. The Bertz CT molecular complexity index is 229. The minimum Gasteiger partial charge on any atom is -0.299 e. The third-order valence-electron chi connectivity index (χ3n) is 3.43. The first-order chi connectivity index (χ1) is 4.86. The number of allylic oxidation sites excluding steroid dienone is 2. The number of hydrogen-bond acceptors (Lipinski definition) is 1. The minimum absolute atomic E-state index is 0.468. The van der Waals surface area contributed by atoms with Crippen LogP contribution < -0.4 is 0 Å². The largest absolute Gasteiger partial charge is 0.299 e. The molecule has 3 aliphatic rings. The average molecular weight is 134 g/mol. The van der Waals surface area contributed by atoms with Crippen molar-refractivity contribution in [3.63, 3.8) is 0 Å². The molecular weight excluding hydrogens is 124 g/mol. The number of carbonyl (C=O) groups excluding carboxylic acids is 1. The predicted molar refractivity (Wildman–Crippen MR) is 37.3 cm³/mol. The SMILES string of the molecule is O=C1C[C@H]2[C@@H]1[C@@H]1C=C[C@H]2C1. The van der Waals surface area contributed by atoms with Crippen LogP contribution in [0.25, 0.3) is 0 Å². The van der Waals surface area contributed by atoms with Gasteiger partial charge in [0.15, 0.2) is 0 Å². The molecule has 2 saturated carbocycles. The third kappa shape index (κ3) is 0.377. The molecule has 0 unspecified atom stereocenters. The number of fused-ring (bicyclic) bond motifs is 5. The summed E-state index contributed by atoms with van der Waals surface area (Å²) in [5.74, 6) is 3.20. The Hall–Kier alpha value is -0.590. The predicted octanol–water partition coefficient (Wildman–Crippen LogP) is 1.40. The molecule has 3 rings (SSSR count). The third-order valence-corrected chi connectivity index (χ3v) is 3.43. The lowest BCUT2D eigenvalue weighted by Crippen LogP contribution is -2.39. The van der Waals surface area contributed by atoms with Crippen LogP contribution in [0.1, 0.15) is 12.8 Å². The highest BCUT2D eigenvalue weighted by atomic mass is 16.1. The van der Waals surface area contributed by atoms with E-state index in [1.807, 2.05) is 0 Å². The summed E-state index contributed by atoms with van der Waals surface area (Å²) < 4.78 is 0. The van der Waals surface area contributed by atoms with Crippen LogP contribution in [-0.2, 0) is 4.79 Å². The Morgan fingerprint density at radius 1 is 1.30 bits per heavy atom. The normalized spacial score (nSPS) is 55.0. The summed E-state index contributed by atoms with van der Waals surface area (Å²) in [6.45, 7) is 0. The van der Waals surface area contributed by atoms with Crippen LogP contribution in [-0.4, -0.2) is 5.78 Å². The van der Waals surface area contributed by atoms with E-state index in [0.717, 1.165) is 18.3 Å². The number of rotatable bonds is 0. The Kier molecular flexibility index (Phi) is 0.697. The van der Waals surface area contributed by atoms with Crippen molar-refractivity contribution in [3.8, 4) is 0 Å². The van der Waals surface area contributed by atoms with E-state index in [0.29, 0.717) is 17.6 Å². The Labute approximate surface area is 60.1 Å². The molecular formula is C9H10O. The highest BCUT2D eigenvalue weighted by molar-refractivity contribution is 5.89. The molecule has 0 aromatic heterocycles. The van der Waals surface area contributed by atoms with E-state index in [4.69, 9.17) is 0 Å². The lowest BCUT2D eigenvalue weighted by molar-refractivity contribution is -0.134. The molecule has 0 spiro atoms. The molecule has 0 aromatic carbocycles. The number of carbonyl (C=O) groups is 1. The molecule has 10 heavy (non-hydrogen) atoms. The van der Waals surface area contributed by atoms with Gasteiger partial charge in [-0.15, -0.1) is 0 Å². The van der Waals surface area contributed by atoms with Crippen LogP contribution in [0.2, 0.25) is 0 Å². The molecule has 0 amide bonds. The highest BCUT2D eigenvalue weighted by Gasteiger charge is 2.54. The Morgan fingerprint density at radius 3 is 2.70 bits per heavy atom. The summed E-state index contributed by atoms with van der Waals surface area (Å²) in [6.07, 6.45) is 6.73. The molecule has 2 fully saturated rings. The lowest BCUT2D eigenvalue weighted by atomic mass is 9.67. The number of Topliss-reactive ketones (excluding diaryl/α,β-unsaturated/α-hetero) is 1. The van der Waals surface area contributed by atoms with E-state index in [-0.39, 0.29) is 0 Å². The van der Waals surface area contributed by atoms with E-state index in [2.05, 4.69) is 12.2 Å². The van der Waals surface area contributed by atoms with Gasteiger partial charge in [-0.1, -0.05) is 12.2 Å². The zero-order chi connectivity index (χ0) is 6.72. The van der Waals surface area contributed by atoms with Crippen molar-refractivity contribution in [2.75, 3.05) is 0 Å². The summed E-state index contributed by atoms with van der Waals surface area (Å²) in [7, 11) is 0. The molecule has 0 N–H and O–H groups in total. The van der Waals surface area contributed by atoms with Gasteiger partial charge in [-0.05, 0) is 24.2 Å². The van der Waals surface area contributed by atoms with Gasteiger partial charge < -0.3 is 0 Å². The van der Waals surface area contributed by atoms with Gasteiger partial charge in [0.25, 0.3) is 0 Å². The van der Waals surface area contributed by atoms with E-state index in [1.165, 1.54) is 6.42 Å².